The van der Waals surface area contributed by atoms with Gasteiger partial charge in [-0.1, -0.05) is 42.5 Å². The number of aromatic nitrogens is 1. The number of hydrogen-bond acceptors (Lipinski definition) is 4. The third-order valence-electron chi connectivity index (χ3n) is 5.09. The zero-order valence-corrected chi connectivity index (χ0v) is 14.9. The molecule has 0 bridgehead atoms. The summed E-state index contributed by atoms with van der Waals surface area (Å²) in [4.78, 5) is 32.3. The molecular formula is C23H16N2O3. The van der Waals surface area contributed by atoms with Crippen LogP contribution in [-0.4, -0.2) is 15.8 Å². The van der Waals surface area contributed by atoms with Gasteiger partial charge < -0.3 is 9.32 Å². The van der Waals surface area contributed by atoms with E-state index >= 15 is 0 Å². The molecule has 0 fully saturated rings. The van der Waals surface area contributed by atoms with Crippen molar-refractivity contribution in [1.82, 2.24) is 9.88 Å². The molecule has 2 aromatic carbocycles. The number of carbonyl (C=O) groups excluding carboxylic acids is 1. The van der Waals surface area contributed by atoms with Crippen molar-refractivity contribution in [3.05, 3.63) is 112 Å². The Kier molecular flexibility index (Phi) is 3.79. The van der Waals surface area contributed by atoms with Gasteiger partial charge in [0.05, 0.1) is 17.0 Å². The molecule has 0 aliphatic carbocycles. The van der Waals surface area contributed by atoms with Crippen molar-refractivity contribution in [2.24, 2.45) is 0 Å². The van der Waals surface area contributed by atoms with Crippen molar-refractivity contribution in [2.75, 3.05) is 0 Å². The van der Waals surface area contributed by atoms with Crippen molar-refractivity contribution in [2.45, 2.75) is 12.6 Å². The van der Waals surface area contributed by atoms with Gasteiger partial charge in [0, 0.05) is 18.9 Å². The monoisotopic (exact) mass is 368 g/mol. The number of fused-ring (bicyclic) bond motifs is 2. The largest absolute Gasteiger partial charge is 0.450 e. The summed E-state index contributed by atoms with van der Waals surface area (Å²) < 4.78 is 5.91. The van der Waals surface area contributed by atoms with E-state index in [0.29, 0.717) is 23.1 Å². The van der Waals surface area contributed by atoms with Crippen molar-refractivity contribution >= 4 is 16.9 Å². The van der Waals surface area contributed by atoms with Gasteiger partial charge in [0.15, 0.2) is 5.43 Å². The van der Waals surface area contributed by atoms with Crippen LogP contribution in [0.2, 0.25) is 0 Å². The molecule has 0 radical (unpaired) electrons. The normalized spacial score (nSPS) is 15.8. The molecule has 2 aromatic heterocycles. The molecule has 0 unspecified atom stereocenters. The summed E-state index contributed by atoms with van der Waals surface area (Å²) in [7, 11) is 0. The molecule has 28 heavy (non-hydrogen) atoms. The van der Waals surface area contributed by atoms with Gasteiger partial charge >= 0.3 is 0 Å². The summed E-state index contributed by atoms with van der Waals surface area (Å²) in [5, 5.41) is 0.481. The second kappa shape index (κ2) is 6.46. The molecule has 136 valence electrons. The number of amides is 1. The maximum atomic E-state index is 13.3. The second-order valence-electron chi connectivity index (χ2n) is 6.77. The molecule has 5 rings (SSSR count). The number of nitrogens with zero attached hydrogens (tertiary/aromatic N) is 2. The van der Waals surface area contributed by atoms with Crippen molar-refractivity contribution in [3.63, 3.8) is 0 Å². The zero-order chi connectivity index (χ0) is 19.1. The van der Waals surface area contributed by atoms with Gasteiger partial charge in [-0.25, -0.2) is 0 Å². The van der Waals surface area contributed by atoms with E-state index in [2.05, 4.69) is 4.98 Å². The summed E-state index contributed by atoms with van der Waals surface area (Å²) in [5.41, 5.74) is 2.48. The first-order valence-corrected chi connectivity index (χ1v) is 9.04. The summed E-state index contributed by atoms with van der Waals surface area (Å²) in [5.74, 6) is -0.148. The van der Waals surface area contributed by atoms with E-state index in [9.17, 15) is 9.59 Å². The quantitative estimate of drug-likeness (QED) is 0.550. The third-order valence-corrected chi connectivity index (χ3v) is 5.09. The zero-order valence-electron chi connectivity index (χ0n) is 14.9. The SMILES string of the molecule is O=C1c2oc3ccccc3c(=O)c2[C@@H](c2ccncc2)N1Cc1ccccc1. The fourth-order valence-corrected chi connectivity index (χ4v) is 3.80. The highest BCUT2D eigenvalue weighted by Gasteiger charge is 2.42. The highest BCUT2D eigenvalue weighted by atomic mass is 16.3. The Morgan fingerprint density at radius 3 is 2.39 bits per heavy atom. The molecule has 0 N–H and O–H groups in total. The first-order chi connectivity index (χ1) is 13.7. The van der Waals surface area contributed by atoms with Crippen LogP contribution in [0.25, 0.3) is 11.0 Å². The van der Waals surface area contributed by atoms with Gasteiger partial charge in [-0.2, -0.15) is 0 Å². The molecule has 1 atom stereocenters. The fourth-order valence-electron chi connectivity index (χ4n) is 3.80. The Morgan fingerprint density at radius 2 is 1.61 bits per heavy atom. The molecule has 3 heterocycles. The Bertz CT molecular complexity index is 1230. The van der Waals surface area contributed by atoms with Gasteiger partial charge in [0.2, 0.25) is 5.76 Å². The number of hydrogen-bond donors (Lipinski definition) is 0. The Balaban J connectivity index is 1.74. The van der Waals surface area contributed by atoms with Crippen LogP contribution in [0.3, 0.4) is 0 Å². The van der Waals surface area contributed by atoms with Crippen LogP contribution in [0.1, 0.15) is 33.3 Å². The van der Waals surface area contributed by atoms with Gasteiger partial charge in [0.1, 0.15) is 5.58 Å². The maximum Gasteiger partial charge on any atom is 0.291 e. The summed E-state index contributed by atoms with van der Waals surface area (Å²) >= 11 is 0. The number of carbonyl (C=O) groups is 1. The predicted molar refractivity (Wildman–Crippen MR) is 105 cm³/mol. The van der Waals surface area contributed by atoms with Crippen LogP contribution in [0, 0.1) is 0 Å². The van der Waals surface area contributed by atoms with E-state index in [1.807, 2.05) is 42.5 Å². The van der Waals surface area contributed by atoms with Crippen LogP contribution in [-0.2, 0) is 6.54 Å². The average molecular weight is 368 g/mol. The minimum absolute atomic E-state index is 0.126. The summed E-state index contributed by atoms with van der Waals surface area (Å²) in [6.07, 6.45) is 3.34. The summed E-state index contributed by atoms with van der Waals surface area (Å²) in [6, 6.07) is 19.9. The van der Waals surface area contributed by atoms with Crippen molar-refractivity contribution in [3.8, 4) is 0 Å². The highest BCUT2D eigenvalue weighted by molar-refractivity contribution is 5.99. The average Bonchev–Trinajstić information content (AvgIpc) is 3.02. The topological polar surface area (TPSA) is 63.4 Å². The maximum absolute atomic E-state index is 13.3. The molecule has 5 heteroatoms. The predicted octanol–water partition coefficient (Wildman–Crippen LogP) is 3.93. The fraction of sp³-hybridized carbons (Fsp3) is 0.0870. The standard InChI is InChI=1S/C23H16N2O3/c26-21-17-8-4-5-9-18(17)28-22-19(21)20(16-10-12-24-13-11-16)25(23(22)27)14-15-6-2-1-3-7-15/h1-13,20H,14H2/t20-/m1/s1. The lowest BCUT2D eigenvalue weighted by Crippen LogP contribution is -2.29. The molecular weight excluding hydrogens is 352 g/mol. The van der Waals surface area contributed by atoms with Crippen LogP contribution < -0.4 is 5.43 Å². The molecule has 1 aliphatic rings. The van der Waals surface area contributed by atoms with E-state index in [0.717, 1.165) is 11.1 Å². The Morgan fingerprint density at radius 1 is 0.893 bits per heavy atom. The van der Waals surface area contributed by atoms with Crippen LogP contribution >= 0.6 is 0 Å². The molecule has 0 spiro atoms. The minimum Gasteiger partial charge on any atom is -0.450 e. The molecule has 0 saturated carbocycles. The van der Waals surface area contributed by atoms with E-state index in [-0.39, 0.29) is 17.1 Å². The van der Waals surface area contributed by atoms with Crippen LogP contribution in [0.5, 0.6) is 0 Å². The molecule has 5 nitrogen and oxygen atoms in total. The number of benzene rings is 2. The van der Waals surface area contributed by atoms with Crippen LogP contribution in [0.4, 0.5) is 0 Å². The van der Waals surface area contributed by atoms with Crippen LogP contribution in [0.15, 0.2) is 88.3 Å². The van der Waals surface area contributed by atoms with E-state index < -0.39 is 6.04 Å². The Labute approximate surface area is 160 Å². The molecule has 4 aromatic rings. The van der Waals surface area contributed by atoms with Gasteiger partial charge in [-0.3, -0.25) is 14.6 Å². The summed E-state index contributed by atoms with van der Waals surface area (Å²) in [6.45, 7) is 0.382. The van der Waals surface area contributed by atoms with E-state index in [4.69, 9.17) is 4.42 Å². The lowest BCUT2D eigenvalue weighted by Gasteiger charge is -2.25. The third kappa shape index (κ3) is 2.52. The van der Waals surface area contributed by atoms with Crippen molar-refractivity contribution < 1.29 is 9.21 Å². The lowest BCUT2D eigenvalue weighted by molar-refractivity contribution is 0.0714. The smallest absolute Gasteiger partial charge is 0.291 e. The first kappa shape index (κ1) is 16.4. The van der Waals surface area contributed by atoms with Gasteiger partial charge in [-0.15, -0.1) is 0 Å². The minimum atomic E-state index is -0.508. The van der Waals surface area contributed by atoms with Gasteiger partial charge in [-0.05, 0) is 35.4 Å². The lowest BCUT2D eigenvalue weighted by atomic mass is 9.99. The van der Waals surface area contributed by atoms with Gasteiger partial charge in [0.25, 0.3) is 5.91 Å². The molecule has 1 amide bonds. The second-order valence-corrected chi connectivity index (χ2v) is 6.77. The Hall–Kier alpha value is -3.73. The number of rotatable bonds is 3. The van der Waals surface area contributed by atoms with E-state index in [1.54, 1.807) is 41.6 Å². The number of para-hydroxylation sites is 1. The highest BCUT2D eigenvalue weighted by Crippen LogP contribution is 2.38. The first-order valence-electron chi connectivity index (χ1n) is 9.04. The van der Waals surface area contributed by atoms with E-state index in [1.165, 1.54) is 0 Å². The number of pyridine rings is 1. The molecule has 0 saturated heterocycles. The molecule has 1 aliphatic heterocycles. The van der Waals surface area contributed by atoms with Crippen molar-refractivity contribution in [1.29, 1.82) is 0 Å².